The molecule has 0 radical (unpaired) electrons. The zero-order chi connectivity index (χ0) is 20.8. The topological polar surface area (TPSA) is 41.1 Å². The zero-order valence-electron chi connectivity index (χ0n) is 16.4. The Bertz CT molecular complexity index is 908. The standard InChI is InChI=1S/C24H24F2N2O/c1-16(21-14-13-20(25)15-22(21)26)27-17(2)24(29)28-23(18-9-5-3-6-10-18)19-11-7-4-8-12-19/h3-17,23,27H,1-2H3,(H,28,29)/t16-,17-/m0/s1. The summed E-state index contributed by atoms with van der Waals surface area (Å²) in [6.45, 7) is 3.46. The SMILES string of the molecule is C[C@H](N[C@@H](C)c1ccc(F)cc1F)C(=O)NC(c1ccccc1)c1ccccc1. The van der Waals surface area contributed by atoms with Crippen molar-refractivity contribution in [1.82, 2.24) is 10.6 Å². The van der Waals surface area contributed by atoms with Gasteiger partial charge in [0.15, 0.2) is 0 Å². The van der Waals surface area contributed by atoms with Gasteiger partial charge in [-0.2, -0.15) is 0 Å². The molecule has 2 atom stereocenters. The third kappa shape index (κ3) is 5.27. The molecular weight excluding hydrogens is 370 g/mol. The van der Waals surface area contributed by atoms with Crippen LogP contribution in [0.5, 0.6) is 0 Å². The van der Waals surface area contributed by atoms with Crippen molar-refractivity contribution in [3.8, 4) is 0 Å². The fourth-order valence-corrected chi connectivity index (χ4v) is 3.31. The molecule has 3 rings (SSSR count). The molecule has 0 heterocycles. The van der Waals surface area contributed by atoms with Gasteiger partial charge < -0.3 is 5.32 Å². The first kappa shape index (κ1) is 20.7. The van der Waals surface area contributed by atoms with Crippen LogP contribution >= 0.6 is 0 Å². The summed E-state index contributed by atoms with van der Waals surface area (Å²) in [5, 5.41) is 6.16. The predicted octanol–water partition coefficient (Wildman–Crippen LogP) is 4.91. The lowest BCUT2D eigenvalue weighted by Crippen LogP contribution is -2.44. The second-order valence-electron chi connectivity index (χ2n) is 7.04. The first-order valence-electron chi connectivity index (χ1n) is 9.57. The Hall–Kier alpha value is -3.05. The maximum atomic E-state index is 14.0. The number of amides is 1. The molecule has 0 bridgehead atoms. The van der Waals surface area contributed by atoms with E-state index in [1.165, 1.54) is 12.1 Å². The average Bonchev–Trinajstić information content (AvgIpc) is 2.73. The van der Waals surface area contributed by atoms with Crippen molar-refractivity contribution < 1.29 is 13.6 Å². The fraction of sp³-hybridized carbons (Fsp3) is 0.208. The van der Waals surface area contributed by atoms with E-state index in [1.54, 1.807) is 13.8 Å². The number of halogens is 2. The van der Waals surface area contributed by atoms with Crippen molar-refractivity contribution in [2.75, 3.05) is 0 Å². The monoisotopic (exact) mass is 394 g/mol. The first-order chi connectivity index (χ1) is 14.0. The Morgan fingerprint density at radius 1 is 0.828 bits per heavy atom. The lowest BCUT2D eigenvalue weighted by Gasteiger charge is -2.25. The Morgan fingerprint density at radius 2 is 1.38 bits per heavy atom. The van der Waals surface area contributed by atoms with Crippen LogP contribution in [0.3, 0.4) is 0 Å². The molecule has 150 valence electrons. The number of carbonyl (C=O) groups is 1. The van der Waals surface area contributed by atoms with Crippen LogP contribution in [0, 0.1) is 11.6 Å². The summed E-state index contributed by atoms with van der Waals surface area (Å²) in [4.78, 5) is 12.9. The third-order valence-electron chi connectivity index (χ3n) is 4.87. The van der Waals surface area contributed by atoms with E-state index in [2.05, 4.69) is 10.6 Å². The zero-order valence-corrected chi connectivity index (χ0v) is 16.4. The van der Waals surface area contributed by atoms with Crippen LogP contribution in [-0.2, 0) is 4.79 Å². The van der Waals surface area contributed by atoms with E-state index in [4.69, 9.17) is 0 Å². The molecule has 3 nitrogen and oxygen atoms in total. The van der Waals surface area contributed by atoms with Gasteiger partial charge >= 0.3 is 0 Å². The highest BCUT2D eigenvalue weighted by atomic mass is 19.1. The van der Waals surface area contributed by atoms with Crippen LogP contribution in [0.25, 0.3) is 0 Å². The van der Waals surface area contributed by atoms with Gasteiger partial charge in [-0.25, -0.2) is 8.78 Å². The molecule has 1 amide bonds. The minimum atomic E-state index is -0.635. The van der Waals surface area contributed by atoms with Crippen molar-refractivity contribution >= 4 is 5.91 Å². The van der Waals surface area contributed by atoms with E-state index in [9.17, 15) is 13.6 Å². The summed E-state index contributed by atoms with van der Waals surface area (Å²) in [5.74, 6) is -1.47. The van der Waals surface area contributed by atoms with Gasteiger partial charge in [0.05, 0.1) is 12.1 Å². The lowest BCUT2D eigenvalue weighted by molar-refractivity contribution is -0.123. The smallest absolute Gasteiger partial charge is 0.237 e. The Morgan fingerprint density at radius 3 is 1.90 bits per heavy atom. The van der Waals surface area contributed by atoms with Crippen LogP contribution in [0.1, 0.15) is 42.6 Å². The van der Waals surface area contributed by atoms with Gasteiger partial charge in [0.25, 0.3) is 0 Å². The largest absolute Gasteiger partial charge is 0.344 e. The highest BCUT2D eigenvalue weighted by molar-refractivity contribution is 5.82. The average molecular weight is 394 g/mol. The molecule has 0 saturated heterocycles. The van der Waals surface area contributed by atoms with Gasteiger partial charge in [-0.05, 0) is 31.0 Å². The molecule has 0 unspecified atom stereocenters. The minimum Gasteiger partial charge on any atom is -0.344 e. The van der Waals surface area contributed by atoms with Crippen LogP contribution < -0.4 is 10.6 Å². The normalized spacial score (nSPS) is 13.1. The summed E-state index contributed by atoms with van der Waals surface area (Å²) < 4.78 is 27.2. The van der Waals surface area contributed by atoms with Gasteiger partial charge in [0.2, 0.25) is 5.91 Å². The van der Waals surface area contributed by atoms with Gasteiger partial charge in [0.1, 0.15) is 11.6 Å². The summed E-state index contributed by atoms with van der Waals surface area (Å²) in [7, 11) is 0. The van der Waals surface area contributed by atoms with E-state index in [1.807, 2.05) is 60.7 Å². The fourth-order valence-electron chi connectivity index (χ4n) is 3.31. The number of nitrogens with one attached hydrogen (secondary N) is 2. The molecule has 0 saturated carbocycles. The molecule has 3 aromatic rings. The molecule has 0 aliphatic rings. The molecule has 0 aromatic heterocycles. The highest BCUT2D eigenvalue weighted by Gasteiger charge is 2.22. The molecule has 0 aliphatic heterocycles. The van der Waals surface area contributed by atoms with Crippen molar-refractivity contribution in [1.29, 1.82) is 0 Å². The van der Waals surface area contributed by atoms with Gasteiger partial charge in [0, 0.05) is 17.7 Å². The quantitative estimate of drug-likeness (QED) is 0.598. The minimum absolute atomic E-state index is 0.211. The molecule has 0 spiro atoms. The van der Waals surface area contributed by atoms with E-state index < -0.39 is 23.7 Å². The predicted molar refractivity (Wildman–Crippen MR) is 110 cm³/mol. The number of carbonyl (C=O) groups excluding carboxylic acids is 1. The lowest BCUT2D eigenvalue weighted by atomic mass is 9.98. The van der Waals surface area contributed by atoms with Crippen LogP contribution in [0.4, 0.5) is 8.78 Å². The number of hydrogen-bond acceptors (Lipinski definition) is 2. The number of benzene rings is 3. The second kappa shape index (κ2) is 9.43. The molecule has 3 aromatic carbocycles. The van der Waals surface area contributed by atoms with Crippen molar-refractivity contribution in [3.63, 3.8) is 0 Å². The molecular formula is C24H24F2N2O. The maximum Gasteiger partial charge on any atom is 0.237 e. The maximum absolute atomic E-state index is 14.0. The molecule has 2 N–H and O–H groups in total. The highest BCUT2D eigenvalue weighted by Crippen LogP contribution is 2.22. The van der Waals surface area contributed by atoms with Gasteiger partial charge in [-0.3, -0.25) is 10.1 Å². The van der Waals surface area contributed by atoms with E-state index in [0.717, 1.165) is 17.2 Å². The van der Waals surface area contributed by atoms with Crippen LogP contribution in [-0.4, -0.2) is 11.9 Å². The van der Waals surface area contributed by atoms with Crippen LogP contribution in [0.2, 0.25) is 0 Å². The van der Waals surface area contributed by atoms with Gasteiger partial charge in [-0.15, -0.1) is 0 Å². The number of hydrogen-bond donors (Lipinski definition) is 2. The van der Waals surface area contributed by atoms with E-state index in [-0.39, 0.29) is 11.9 Å². The molecule has 0 fully saturated rings. The third-order valence-corrected chi connectivity index (χ3v) is 4.87. The summed E-state index contributed by atoms with van der Waals surface area (Å²) in [6, 6.07) is 21.5. The summed E-state index contributed by atoms with van der Waals surface area (Å²) >= 11 is 0. The summed E-state index contributed by atoms with van der Waals surface area (Å²) in [6.07, 6.45) is 0. The van der Waals surface area contributed by atoms with Crippen molar-refractivity contribution in [2.24, 2.45) is 0 Å². The Balaban J connectivity index is 1.73. The molecule has 5 heteroatoms. The Labute approximate surface area is 169 Å². The van der Waals surface area contributed by atoms with E-state index in [0.29, 0.717) is 5.56 Å². The van der Waals surface area contributed by atoms with Crippen LogP contribution in [0.15, 0.2) is 78.9 Å². The van der Waals surface area contributed by atoms with Crippen molar-refractivity contribution in [2.45, 2.75) is 32.0 Å². The van der Waals surface area contributed by atoms with E-state index >= 15 is 0 Å². The molecule has 0 aliphatic carbocycles. The first-order valence-corrected chi connectivity index (χ1v) is 9.57. The van der Waals surface area contributed by atoms with Crippen molar-refractivity contribution in [3.05, 3.63) is 107 Å². The second-order valence-corrected chi connectivity index (χ2v) is 7.04. The Kier molecular flexibility index (Phi) is 6.73. The molecule has 29 heavy (non-hydrogen) atoms. The summed E-state index contributed by atoms with van der Waals surface area (Å²) in [5.41, 5.74) is 2.25. The van der Waals surface area contributed by atoms with Gasteiger partial charge in [-0.1, -0.05) is 66.7 Å². The number of rotatable bonds is 7.